The summed E-state index contributed by atoms with van der Waals surface area (Å²) in [6.45, 7) is 5.34. The van der Waals surface area contributed by atoms with Crippen molar-refractivity contribution in [3.63, 3.8) is 0 Å². The van der Waals surface area contributed by atoms with E-state index < -0.39 is 0 Å². The van der Waals surface area contributed by atoms with Gasteiger partial charge in [-0.15, -0.1) is 10.2 Å². The first kappa shape index (κ1) is 16.0. The molecular formula is C16H21N5OS. The molecule has 0 spiro atoms. The van der Waals surface area contributed by atoms with E-state index >= 15 is 0 Å². The van der Waals surface area contributed by atoms with Crippen molar-refractivity contribution < 1.29 is 4.79 Å². The molecule has 1 amide bonds. The number of aryl methyl sites for hydroxylation is 1. The highest BCUT2D eigenvalue weighted by atomic mass is 32.1. The summed E-state index contributed by atoms with van der Waals surface area (Å²) in [5.74, 6) is 0.530. The van der Waals surface area contributed by atoms with E-state index in [4.69, 9.17) is 0 Å². The van der Waals surface area contributed by atoms with Gasteiger partial charge in [-0.3, -0.25) is 9.78 Å². The lowest BCUT2D eigenvalue weighted by molar-refractivity contribution is 0.0783. The maximum absolute atomic E-state index is 12.4. The van der Waals surface area contributed by atoms with Gasteiger partial charge in [0, 0.05) is 38.6 Å². The first-order valence-electron chi connectivity index (χ1n) is 7.78. The molecule has 1 unspecified atom stereocenters. The lowest BCUT2D eigenvalue weighted by atomic mass is 10.1. The lowest BCUT2D eigenvalue weighted by Gasteiger charge is -2.21. The molecule has 7 heteroatoms. The van der Waals surface area contributed by atoms with E-state index in [0.29, 0.717) is 10.9 Å². The van der Waals surface area contributed by atoms with Gasteiger partial charge in [0.05, 0.1) is 0 Å². The van der Waals surface area contributed by atoms with Crippen molar-refractivity contribution in [2.75, 3.05) is 26.7 Å². The van der Waals surface area contributed by atoms with Gasteiger partial charge in [0.25, 0.3) is 5.91 Å². The number of rotatable bonds is 5. The number of amides is 1. The van der Waals surface area contributed by atoms with Gasteiger partial charge in [0.2, 0.25) is 5.01 Å². The third-order valence-electron chi connectivity index (χ3n) is 4.03. The van der Waals surface area contributed by atoms with Crippen LogP contribution < -0.4 is 0 Å². The molecule has 1 saturated heterocycles. The van der Waals surface area contributed by atoms with Crippen LogP contribution >= 0.6 is 11.3 Å². The summed E-state index contributed by atoms with van der Waals surface area (Å²) in [5.41, 5.74) is 1.21. The zero-order chi connectivity index (χ0) is 16.2. The summed E-state index contributed by atoms with van der Waals surface area (Å²) in [6, 6.07) is 4.05. The second-order valence-electron chi connectivity index (χ2n) is 6.09. The molecule has 3 rings (SSSR count). The molecule has 1 aliphatic heterocycles. The Hall–Kier alpha value is -1.86. The summed E-state index contributed by atoms with van der Waals surface area (Å²) in [7, 11) is 2.12. The van der Waals surface area contributed by atoms with Gasteiger partial charge in [-0.25, -0.2) is 0 Å². The van der Waals surface area contributed by atoms with E-state index in [-0.39, 0.29) is 5.91 Å². The highest BCUT2D eigenvalue weighted by Gasteiger charge is 2.29. The van der Waals surface area contributed by atoms with Crippen LogP contribution in [-0.4, -0.2) is 57.6 Å². The van der Waals surface area contributed by atoms with Gasteiger partial charge in [-0.1, -0.05) is 17.4 Å². The number of nitrogens with zero attached hydrogens (tertiary/aromatic N) is 5. The third kappa shape index (κ3) is 4.11. The van der Waals surface area contributed by atoms with Crippen LogP contribution in [0.5, 0.6) is 0 Å². The van der Waals surface area contributed by atoms with Crippen molar-refractivity contribution in [1.82, 2.24) is 25.0 Å². The molecule has 3 heterocycles. The summed E-state index contributed by atoms with van der Waals surface area (Å²) in [6.07, 6.45) is 4.73. The molecule has 23 heavy (non-hydrogen) atoms. The fourth-order valence-electron chi connectivity index (χ4n) is 2.99. The van der Waals surface area contributed by atoms with Crippen LogP contribution in [-0.2, 0) is 6.54 Å². The predicted molar refractivity (Wildman–Crippen MR) is 89.2 cm³/mol. The number of hydrogen-bond acceptors (Lipinski definition) is 6. The maximum atomic E-state index is 12.4. The van der Waals surface area contributed by atoms with Gasteiger partial charge in [0.1, 0.15) is 5.01 Å². The number of carbonyl (C=O) groups is 1. The van der Waals surface area contributed by atoms with Crippen molar-refractivity contribution >= 4 is 17.2 Å². The second kappa shape index (κ2) is 7.14. The van der Waals surface area contributed by atoms with Crippen molar-refractivity contribution in [3.8, 4) is 0 Å². The Morgan fingerprint density at radius 1 is 1.48 bits per heavy atom. The van der Waals surface area contributed by atoms with Gasteiger partial charge in [0.15, 0.2) is 0 Å². The van der Waals surface area contributed by atoms with E-state index in [9.17, 15) is 4.79 Å². The minimum absolute atomic E-state index is 0.0213. The lowest BCUT2D eigenvalue weighted by Crippen LogP contribution is -2.31. The summed E-state index contributed by atoms with van der Waals surface area (Å²) < 4.78 is 0. The van der Waals surface area contributed by atoms with E-state index in [1.54, 1.807) is 6.20 Å². The van der Waals surface area contributed by atoms with Gasteiger partial charge in [-0.2, -0.15) is 0 Å². The quantitative estimate of drug-likeness (QED) is 0.836. The SMILES string of the molecule is Cc1nnc(C(=O)N2CCC(CN(C)Cc3cccnc3)C2)s1. The fourth-order valence-corrected chi connectivity index (χ4v) is 3.65. The summed E-state index contributed by atoms with van der Waals surface area (Å²) >= 11 is 1.37. The highest BCUT2D eigenvalue weighted by Crippen LogP contribution is 2.21. The van der Waals surface area contributed by atoms with Crippen molar-refractivity contribution in [3.05, 3.63) is 40.1 Å². The monoisotopic (exact) mass is 331 g/mol. The Bertz CT molecular complexity index is 660. The molecule has 0 bridgehead atoms. The van der Waals surface area contributed by atoms with Gasteiger partial charge in [-0.05, 0) is 37.9 Å². The zero-order valence-electron chi connectivity index (χ0n) is 13.5. The molecule has 0 aromatic carbocycles. The Labute approximate surface area is 140 Å². The van der Waals surface area contributed by atoms with Crippen LogP contribution in [0.25, 0.3) is 0 Å². The number of carbonyl (C=O) groups excluding carboxylic acids is 1. The highest BCUT2D eigenvalue weighted by molar-refractivity contribution is 7.13. The first-order chi connectivity index (χ1) is 11.1. The number of likely N-dealkylation sites (tertiary alicyclic amines) is 1. The molecule has 0 saturated carbocycles. The average molecular weight is 331 g/mol. The van der Waals surface area contributed by atoms with Gasteiger partial charge >= 0.3 is 0 Å². The molecular weight excluding hydrogens is 310 g/mol. The minimum Gasteiger partial charge on any atom is -0.336 e. The van der Waals surface area contributed by atoms with E-state index in [2.05, 4.69) is 33.2 Å². The largest absolute Gasteiger partial charge is 0.336 e. The summed E-state index contributed by atoms with van der Waals surface area (Å²) in [4.78, 5) is 20.7. The molecule has 122 valence electrons. The first-order valence-corrected chi connectivity index (χ1v) is 8.60. The second-order valence-corrected chi connectivity index (χ2v) is 7.27. The van der Waals surface area contributed by atoms with E-state index in [0.717, 1.165) is 37.6 Å². The van der Waals surface area contributed by atoms with E-state index in [1.165, 1.54) is 16.9 Å². The molecule has 0 aliphatic carbocycles. The molecule has 0 radical (unpaired) electrons. The van der Waals surface area contributed by atoms with Gasteiger partial charge < -0.3 is 9.80 Å². The van der Waals surface area contributed by atoms with Crippen LogP contribution in [0.3, 0.4) is 0 Å². The van der Waals surface area contributed by atoms with Crippen molar-refractivity contribution in [2.24, 2.45) is 5.92 Å². The molecule has 1 atom stereocenters. The standard InChI is InChI=1S/C16H21N5OS/c1-12-18-19-15(23-12)16(22)21-7-5-14(11-21)10-20(2)9-13-4-3-6-17-8-13/h3-4,6,8,14H,5,7,9-11H2,1-2H3. The van der Waals surface area contributed by atoms with Crippen LogP contribution in [0.4, 0.5) is 0 Å². The van der Waals surface area contributed by atoms with Crippen LogP contribution in [0.1, 0.15) is 26.8 Å². The Morgan fingerprint density at radius 2 is 2.35 bits per heavy atom. The summed E-state index contributed by atoms with van der Waals surface area (Å²) in [5, 5.41) is 9.23. The molecule has 2 aromatic rings. The normalized spacial score (nSPS) is 17.9. The molecule has 1 aliphatic rings. The van der Waals surface area contributed by atoms with Crippen LogP contribution in [0, 0.1) is 12.8 Å². The maximum Gasteiger partial charge on any atom is 0.284 e. The smallest absolute Gasteiger partial charge is 0.284 e. The Morgan fingerprint density at radius 3 is 3.04 bits per heavy atom. The number of pyridine rings is 1. The topological polar surface area (TPSA) is 62.2 Å². The predicted octanol–water partition coefficient (Wildman–Crippen LogP) is 1.84. The van der Waals surface area contributed by atoms with Crippen LogP contribution in [0.15, 0.2) is 24.5 Å². The molecule has 2 aromatic heterocycles. The Balaban J connectivity index is 1.50. The van der Waals surface area contributed by atoms with Crippen molar-refractivity contribution in [2.45, 2.75) is 19.9 Å². The number of aromatic nitrogens is 3. The van der Waals surface area contributed by atoms with Crippen LogP contribution in [0.2, 0.25) is 0 Å². The average Bonchev–Trinajstić information content (AvgIpc) is 3.17. The zero-order valence-corrected chi connectivity index (χ0v) is 14.3. The fraction of sp³-hybridized carbons (Fsp3) is 0.500. The molecule has 6 nitrogen and oxygen atoms in total. The minimum atomic E-state index is 0.0213. The number of hydrogen-bond donors (Lipinski definition) is 0. The van der Waals surface area contributed by atoms with Crippen molar-refractivity contribution in [1.29, 1.82) is 0 Å². The Kier molecular flexibility index (Phi) is 4.97. The van der Waals surface area contributed by atoms with E-state index in [1.807, 2.05) is 24.1 Å². The molecule has 0 N–H and O–H groups in total. The molecule has 1 fully saturated rings. The third-order valence-corrected chi connectivity index (χ3v) is 4.85.